The lowest BCUT2D eigenvalue weighted by atomic mass is 10.2. The molecular weight excluding hydrogens is 300 g/mol. The molecule has 6 heteroatoms. The monoisotopic (exact) mass is 316 g/mol. The second kappa shape index (κ2) is 6.91. The Bertz CT molecular complexity index is 831. The van der Waals surface area contributed by atoms with Gasteiger partial charge in [0.2, 0.25) is 0 Å². The molecule has 0 aliphatic carbocycles. The molecule has 0 spiro atoms. The van der Waals surface area contributed by atoms with Gasteiger partial charge < -0.3 is 13.9 Å². The Labute approximate surface area is 132 Å². The van der Waals surface area contributed by atoms with Gasteiger partial charge in [0.25, 0.3) is 0 Å². The maximum atomic E-state index is 11.7. The van der Waals surface area contributed by atoms with Crippen molar-refractivity contribution in [3.05, 3.63) is 46.8 Å². The molecule has 1 aromatic carbocycles. The first-order valence-corrected chi connectivity index (χ1v) is 7.07. The summed E-state index contributed by atoms with van der Waals surface area (Å²) in [5, 5.41) is 0.532. The van der Waals surface area contributed by atoms with E-state index in [-0.39, 0.29) is 29.1 Å². The van der Waals surface area contributed by atoms with Crippen LogP contribution in [0.4, 0.5) is 0 Å². The van der Waals surface area contributed by atoms with E-state index < -0.39 is 17.6 Å². The SMILES string of the molecule is C=C(C)C(=O)Oc1cc2ccc(=O)oc2cc1OC(=O)CCC. The molecule has 23 heavy (non-hydrogen) atoms. The van der Waals surface area contributed by atoms with Crippen molar-refractivity contribution in [3.8, 4) is 11.5 Å². The zero-order chi connectivity index (χ0) is 17.0. The van der Waals surface area contributed by atoms with Gasteiger partial charge in [-0.05, 0) is 25.5 Å². The lowest BCUT2D eigenvalue weighted by molar-refractivity contribution is -0.135. The molecule has 0 amide bonds. The average molecular weight is 316 g/mol. The van der Waals surface area contributed by atoms with Crippen LogP contribution in [-0.4, -0.2) is 11.9 Å². The van der Waals surface area contributed by atoms with Gasteiger partial charge in [-0.15, -0.1) is 0 Å². The van der Waals surface area contributed by atoms with Crippen LogP contribution >= 0.6 is 0 Å². The molecule has 0 aliphatic rings. The van der Waals surface area contributed by atoms with Gasteiger partial charge in [0, 0.05) is 29.5 Å². The number of fused-ring (bicyclic) bond motifs is 1. The predicted octanol–water partition coefficient (Wildman–Crippen LogP) is 2.98. The van der Waals surface area contributed by atoms with Crippen molar-refractivity contribution in [2.45, 2.75) is 26.7 Å². The summed E-state index contributed by atoms with van der Waals surface area (Å²) in [6, 6.07) is 5.59. The highest BCUT2D eigenvalue weighted by Gasteiger charge is 2.16. The number of carbonyl (C=O) groups excluding carboxylic acids is 2. The molecule has 2 aromatic rings. The van der Waals surface area contributed by atoms with Gasteiger partial charge >= 0.3 is 17.6 Å². The van der Waals surface area contributed by atoms with E-state index >= 15 is 0 Å². The zero-order valence-electron chi connectivity index (χ0n) is 12.9. The highest BCUT2D eigenvalue weighted by atomic mass is 16.6. The highest BCUT2D eigenvalue weighted by Crippen LogP contribution is 2.33. The van der Waals surface area contributed by atoms with Crippen LogP contribution in [0.5, 0.6) is 11.5 Å². The number of benzene rings is 1. The quantitative estimate of drug-likeness (QED) is 0.365. The molecule has 0 radical (unpaired) electrons. The zero-order valence-corrected chi connectivity index (χ0v) is 12.9. The molecule has 0 saturated carbocycles. The first-order valence-electron chi connectivity index (χ1n) is 7.07. The molecule has 0 unspecified atom stereocenters. The summed E-state index contributed by atoms with van der Waals surface area (Å²) < 4.78 is 15.4. The standard InChI is InChI=1S/C17H16O6/c1-4-5-15(18)22-14-9-12-11(6-7-16(19)21-12)8-13(14)23-17(20)10(2)3/h6-9H,2,4-5H2,1,3H3. The minimum absolute atomic E-state index is 0.0138. The van der Waals surface area contributed by atoms with Crippen LogP contribution in [0.25, 0.3) is 11.0 Å². The second-order valence-electron chi connectivity index (χ2n) is 4.99. The van der Waals surface area contributed by atoms with Crippen molar-refractivity contribution < 1.29 is 23.5 Å². The van der Waals surface area contributed by atoms with Crippen molar-refractivity contribution in [1.29, 1.82) is 0 Å². The minimum atomic E-state index is -0.644. The van der Waals surface area contributed by atoms with Crippen LogP contribution in [-0.2, 0) is 9.59 Å². The topological polar surface area (TPSA) is 82.8 Å². The Morgan fingerprint density at radius 2 is 1.87 bits per heavy atom. The fraction of sp³-hybridized carbons (Fsp3) is 0.235. The van der Waals surface area contributed by atoms with Crippen LogP contribution in [0.15, 0.2) is 45.6 Å². The maximum absolute atomic E-state index is 11.7. The number of esters is 2. The Balaban J connectivity index is 2.49. The Hall–Kier alpha value is -2.89. The van der Waals surface area contributed by atoms with E-state index in [1.807, 2.05) is 6.92 Å². The summed E-state index contributed by atoms with van der Waals surface area (Å²) >= 11 is 0. The molecule has 0 N–H and O–H groups in total. The van der Waals surface area contributed by atoms with E-state index in [9.17, 15) is 14.4 Å². The molecule has 0 saturated heterocycles. The van der Waals surface area contributed by atoms with Crippen molar-refractivity contribution in [2.24, 2.45) is 0 Å². The van der Waals surface area contributed by atoms with E-state index in [1.165, 1.54) is 31.2 Å². The summed E-state index contributed by atoms with van der Waals surface area (Å²) in [6.07, 6.45) is 0.826. The fourth-order valence-corrected chi connectivity index (χ4v) is 1.80. The van der Waals surface area contributed by atoms with Gasteiger partial charge in [-0.1, -0.05) is 13.5 Å². The van der Waals surface area contributed by atoms with Gasteiger partial charge in [0.1, 0.15) is 5.58 Å². The van der Waals surface area contributed by atoms with E-state index in [0.29, 0.717) is 11.8 Å². The smallest absolute Gasteiger partial charge is 0.338 e. The molecule has 0 fully saturated rings. The van der Waals surface area contributed by atoms with Crippen LogP contribution in [0.2, 0.25) is 0 Å². The van der Waals surface area contributed by atoms with Crippen molar-refractivity contribution in [2.75, 3.05) is 0 Å². The van der Waals surface area contributed by atoms with Crippen LogP contribution in [0.3, 0.4) is 0 Å². The third kappa shape index (κ3) is 4.06. The number of ether oxygens (including phenoxy) is 2. The number of rotatable bonds is 5. The Kier molecular flexibility index (Phi) is 4.95. The first-order chi connectivity index (χ1) is 10.9. The van der Waals surface area contributed by atoms with Gasteiger partial charge in [0.05, 0.1) is 0 Å². The molecule has 6 nitrogen and oxygen atoms in total. The molecule has 2 rings (SSSR count). The van der Waals surface area contributed by atoms with E-state index in [2.05, 4.69) is 6.58 Å². The molecule has 0 atom stereocenters. The summed E-state index contributed by atoms with van der Waals surface area (Å²) in [4.78, 5) is 34.7. The maximum Gasteiger partial charge on any atom is 0.338 e. The predicted molar refractivity (Wildman–Crippen MR) is 83.5 cm³/mol. The fourth-order valence-electron chi connectivity index (χ4n) is 1.80. The van der Waals surface area contributed by atoms with Gasteiger partial charge in [0.15, 0.2) is 11.5 Å². The summed E-state index contributed by atoms with van der Waals surface area (Å²) in [5.74, 6) is -1.05. The highest BCUT2D eigenvalue weighted by molar-refractivity contribution is 5.91. The molecule has 0 aliphatic heterocycles. The second-order valence-corrected chi connectivity index (χ2v) is 4.99. The lowest BCUT2D eigenvalue weighted by Gasteiger charge is -2.11. The summed E-state index contributed by atoms with van der Waals surface area (Å²) in [7, 11) is 0. The molecule has 1 heterocycles. The Morgan fingerprint density at radius 1 is 1.17 bits per heavy atom. The van der Waals surface area contributed by atoms with Gasteiger partial charge in [-0.3, -0.25) is 4.79 Å². The van der Waals surface area contributed by atoms with E-state index in [0.717, 1.165) is 0 Å². The van der Waals surface area contributed by atoms with Crippen LogP contribution < -0.4 is 15.1 Å². The van der Waals surface area contributed by atoms with E-state index in [1.54, 1.807) is 0 Å². The largest absolute Gasteiger partial charge is 0.423 e. The van der Waals surface area contributed by atoms with E-state index in [4.69, 9.17) is 13.9 Å². The number of hydrogen-bond donors (Lipinski definition) is 0. The average Bonchev–Trinajstić information content (AvgIpc) is 2.48. The van der Waals surface area contributed by atoms with Gasteiger partial charge in [-0.25, -0.2) is 9.59 Å². The molecular formula is C17H16O6. The van der Waals surface area contributed by atoms with Crippen LogP contribution in [0.1, 0.15) is 26.7 Å². The third-order valence-corrected chi connectivity index (χ3v) is 2.91. The van der Waals surface area contributed by atoms with Gasteiger partial charge in [-0.2, -0.15) is 0 Å². The molecule has 1 aromatic heterocycles. The number of carbonyl (C=O) groups is 2. The van der Waals surface area contributed by atoms with Crippen molar-refractivity contribution in [1.82, 2.24) is 0 Å². The third-order valence-electron chi connectivity index (χ3n) is 2.91. The summed E-state index contributed by atoms with van der Waals surface area (Å²) in [6.45, 7) is 6.84. The summed E-state index contributed by atoms with van der Waals surface area (Å²) in [5.41, 5.74) is -0.0996. The van der Waals surface area contributed by atoms with Crippen molar-refractivity contribution >= 4 is 22.9 Å². The molecule has 120 valence electrons. The lowest BCUT2D eigenvalue weighted by Crippen LogP contribution is -2.12. The number of hydrogen-bond acceptors (Lipinski definition) is 6. The van der Waals surface area contributed by atoms with Crippen molar-refractivity contribution in [3.63, 3.8) is 0 Å². The van der Waals surface area contributed by atoms with Crippen LogP contribution in [0, 0.1) is 0 Å². The molecule has 0 bridgehead atoms. The Morgan fingerprint density at radius 3 is 2.52 bits per heavy atom. The minimum Gasteiger partial charge on any atom is -0.423 e. The normalized spacial score (nSPS) is 10.3. The first kappa shape index (κ1) is 16.5.